The summed E-state index contributed by atoms with van der Waals surface area (Å²) >= 11 is 7.43. The number of para-hydroxylation sites is 1. The van der Waals surface area contributed by atoms with Crippen molar-refractivity contribution in [1.29, 1.82) is 0 Å². The minimum absolute atomic E-state index is 0.247. The third-order valence-electron chi connectivity index (χ3n) is 7.00. The average molecular weight is 500 g/mol. The molecule has 2 saturated heterocycles. The number of hydrogen-bond acceptors (Lipinski definition) is 5. The maximum Gasteiger partial charge on any atom is 0.278 e. The van der Waals surface area contributed by atoms with Crippen LogP contribution < -0.4 is 0 Å². The Morgan fingerprint density at radius 1 is 1.27 bits per heavy atom. The van der Waals surface area contributed by atoms with Crippen molar-refractivity contribution < 1.29 is 23.0 Å². The second kappa shape index (κ2) is 8.61. The van der Waals surface area contributed by atoms with Gasteiger partial charge in [0.25, 0.3) is 5.92 Å². The molecule has 0 aliphatic carbocycles. The van der Waals surface area contributed by atoms with E-state index in [1.54, 1.807) is 18.3 Å². The molecule has 178 valence electrons. The molecule has 2 fully saturated rings. The lowest BCUT2D eigenvalue weighted by Crippen LogP contribution is -2.61. The Kier molecular flexibility index (Phi) is 6.06. The number of thioether (sulfide) groups is 1. The van der Waals surface area contributed by atoms with Crippen molar-refractivity contribution in [1.82, 2.24) is 14.7 Å². The fourth-order valence-corrected chi connectivity index (χ4v) is 6.96. The molecule has 4 heterocycles. The molecule has 2 aromatic rings. The first-order valence-corrected chi connectivity index (χ1v) is 12.2. The van der Waals surface area contributed by atoms with Crippen LogP contribution in [0.1, 0.15) is 29.7 Å². The van der Waals surface area contributed by atoms with E-state index in [9.17, 15) is 18.3 Å². The number of allylic oxidation sites excluding steroid dienone is 1. The van der Waals surface area contributed by atoms with Crippen molar-refractivity contribution in [3.05, 3.63) is 57.5 Å². The topological polar surface area (TPSA) is 50.5 Å². The molecule has 0 amide bonds. The maximum absolute atomic E-state index is 14.4. The van der Waals surface area contributed by atoms with Crippen LogP contribution in [-0.2, 0) is 17.9 Å². The van der Waals surface area contributed by atoms with Gasteiger partial charge in [-0.1, -0.05) is 23.7 Å². The molecular weight excluding hydrogens is 475 g/mol. The van der Waals surface area contributed by atoms with Crippen LogP contribution >= 0.6 is 23.4 Å². The number of piperidine rings is 1. The first-order chi connectivity index (χ1) is 15.7. The molecular formula is C23H25ClF3N3O2S. The van der Waals surface area contributed by atoms with Crippen LogP contribution in [0.25, 0.3) is 5.69 Å². The Hall–Kier alpha value is -1.52. The van der Waals surface area contributed by atoms with Gasteiger partial charge in [0.05, 0.1) is 33.4 Å². The number of rotatable bonds is 4. The van der Waals surface area contributed by atoms with E-state index in [0.29, 0.717) is 42.4 Å². The Morgan fingerprint density at radius 2 is 2.03 bits per heavy atom. The number of nitrogens with zero attached hydrogens (tertiary/aromatic N) is 3. The minimum atomic E-state index is -2.90. The number of ether oxygens (including phenoxy) is 1. The van der Waals surface area contributed by atoms with Crippen molar-refractivity contribution in [2.45, 2.75) is 49.7 Å². The van der Waals surface area contributed by atoms with Gasteiger partial charge in [0.2, 0.25) is 0 Å². The summed E-state index contributed by atoms with van der Waals surface area (Å²) in [6.07, 6.45) is 4.57. The number of hydrogen-bond donors (Lipinski definition) is 1. The number of aliphatic hydroxyl groups excluding tert-OH is 1. The average Bonchev–Trinajstić information content (AvgIpc) is 3.36. The summed E-state index contributed by atoms with van der Waals surface area (Å²) in [6, 6.07) is 4.57. The zero-order valence-corrected chi connectivity index (χ0v) is 19.7. The lowest BCUT2D eigenvalue weighted by molar-refractivity contribution is -0.215. The largest absolute Gasteiger partial charge is 0.392 e. The molecule has 2 unspecified atom stereocenters. The summed E-state index contributed by atoms with van der Waals surface area (Å²) in [4.78, 5) is 2.24. The van der Waals surface area contributed by atoms with E-state index < -0.39 is 29.9 Å². The molecule has 5 rings (SSSR count). The summed E-state index contributed by atoms with van der Waals surface area (Å²) in [6.45, 7) is 3.01. The Balaban J connectivity index is 1.29. The number of likely N-dealkylation sites (tertiary alicyclic amines) is 1. The molecule has 0 radical (unpaired) electrons. The Labute approximate surface area is 199 Å². The van der Waals surface area contributed by atoms with Gasteiger partial charge in [-0.2, -0.15) is 5.10 Å². The van der Waals surface area contributed by atoms with E-state index >= 15 is 0 Å². The summed E-state index contributed by atoms with van der Waals surface area (Å²) in [5, 5.41) is 13.7. The first kappa shape index (κ1) is 23.2. The molecule has 3 aliphatic heterocycles. The maximum atomic E-state index is 14.4. The number of alkyl halides is 2. The molecule has 5 nitrogen and oxygen atoms in total. The van der Waals surface area contributed by atoms with Crippen LogP contribution in [0.3, 0.4) is 0 Å². The van der Waals surface area contributed by atoms with E-state index in [-0.39, 0.29) is 17.5 Å². The zero-order chi connectivity index (χ0) is 23.4. The predicted octanol–water partition coefficient (Wildman–Crippen LogP) is 4.62. The fraction of sp³-hybridized carbons (Fsp3) is 0.522. The van der Waals surface area contributed by atoms with Crippen molar-refractivity contribution >= 4 is 23.4 Å². The van der Waals surface area contributed by atoms with E-state index in [1.807, 2.05) is 6.92 Å². The molecule has 1 aromatic carbocycles. The number of fused-ring (bicyclic) bond motifs is 2. The van der Waals surface area contributed by atoms with Crippen molar-refractivity contribution in [3.63, 3.8) is 0 Å². The molecule has 2 atom stereocenters. The van der Waals surface area contributed by atoms with Gasteiger partial charge in [-0.15, -0.1) is 11.8 Å². The van der Waals surface area contributed by atoms with Gasteiger partial charge in [0, 0.05) is 37.0 Å². The highest BCUT2D eigenvalue weighted by atomic mass is 35.5. The monoisotopic (exact) mass is 499 g/mol. The van der Waals surface area contributed by atoms with E-state index in [4.69, 9.17) is 16.3 Å². The molecule has 3 aliphatic rings. The van der Waals surface area contributed by atoms with Crippen molar-refractivity contribution in [3.8, 4) is 5.69 Å². The van der Waals surface area contributed by atoms with E-state index in [0.717, 1.165) is 11.3 Å². The van der Waals surface area contributed by atoms with Gasteiger partial charge in [-0.25, -0.2) is 17.9 Å². The lowest BCUT2D eigenvalue weighted by atomic mass is 9.77. The second-order valence-corrected chi connectivity index (χ2v) is 10.8. The van der Waals surface area contributed by atoms with Crippen LogP contribution in [0.4, 0.5) is 13.2 Å². The standard InChI is InChI=1S/C23H25ClF3N3O2S/c1-14-16(11-30(28-14)20-15(12-31)3-2-4-18(20)25)10-29-7-5-22(6-8-29)21-17(9-19(24)33-21)23(26,27)13-32-22/h2-4,9,11,17,21,31H,5-8,10,12-13H2,1H3. The third-order valence-corrected chi connectivity index (χ3v) is 8.73. The highest BCUT2D eigenvalue weighted by Gasteiger charge is 2.60. The highest BCUT2D eigenvalue weighted by Crippen LogP contribution is 2.56. The third kappa shape index (κ3) is 4.12. The summed E-state index contributed by atoms with van der Waals surface area (Å²) in [7, 11) is 0. The van der Waals surface area contributed by atoms with Crippen LogP contribution in [0.5, 0.6) is 0 Å². The number of aromatic nitrogens is 2. The molecule has 10 heteroatoms. The fourth-order valence-electron chi connectivity index (χ4n) is 5.13. The van der Waals surface area contributed by atoms with Gasteiger partial charge in [0.15, 0.2) is 0 Å². The van der Waals surface area contributed by atoms with Crippen LogP contribution in [0, 0.1) is 18.7 Å². The summed E-state index contributed by atoms with van der Waals surface area (Å²) in [5.41, 5.74) is 1.83. The molecule has 1 aromatic heterocycles. The highest BCUT2D eigenvalue weighted by molar-refractivity contribution is 8.05. The SMILES string of the molecule is Cc1nn(-c2c(F)cccc2CO)cc1CN1CCC2(CC1)OCC(F)(F)C1C=C(Cl)SC12. The van der Waals surface area contributed by atoms with Gasteiger partial charge in [0.1, 0.15) is 18.1 Å². The number of benzene rings is 1. The summed E-state index contributed by atoms with van der Waals surface area (Å²) in [5.74, 6) is -4.24. The van der Waals surface area contributed by atoms with Crippen molar-refractivity contribution in [2.24, 2.45) is 5.92 Å². The molecule has 0 saturated carbocycles. The molecule has 33 heavy (non-hydrogen) atoms. The minimum Gasteiger partial charge on any atom is -0.392 e. The molecule has 0 bridgehead atoms. The summed E-state index contributed by atoms with van der Waals surface area (Å²) < 4.78 is 51.0. The Bertz CT molecular complexity index is 1080. The quantitative estimate of drug-likeness (QED) is 0.665. The van der Waals surface area contributed by atoms with Crippen LogP contribution in [0.15, 0.2) is 34.8 Å². The smallest absolute Gasteiger partial charge is 0.278 e. The van der Waals surface area contributed by atoms with E-state index in [2.05, 4.69) is 10.00 Å². The van der Waals surface area contributed by atoms with Gasteiger partial charge in [-0.05, 0) is 31.9 Å². The second-order valence-electron chi connectivity index (χ2n) is 9.02. The molecule has 1 spiro atoms. The number of aliphatic hydroxyl groups is 1. The lowest BCUT2D eigenvalue weighted by Gasteiger charge is -2.51. The van der Waals surface area contributed by atoms with Crippen molar-refractivity contribution in [2.75, 3.05) is 19.7 Å². The van der Waals surface area contributed by atoms with Crippen LogP contribution in [0.2, 0.25) is 0 Å². The van der Waals surface area contributed by atoms with E-state index in [1.165, 1.54) is 28.6 Å². The number of aryl methyl sites for hydroxylation is 1. The van der Waals surface area contributed by atoms with Crippen LogP contribution in [-0.4, -0.2) is 56.3 Å². The predicted molar refractivity (Wildman–Crippen MR) is 121 cm³/mol. The zero-order valence-electron chi connectivity index (χ0n) is 18.1. The van der Waals surface area contributed by atoms with Gasteiger partial charge < -0.3 is 9.84 Å². The number of halogens is 4. The molecule has 1 N–H and O–H groups in total. The Morgan fingerprint density at radius 3 is 2.76 bits per heavy atom. The van der Waals surface area contributed by atoms with Gasteiger partial charge in [-0.3, -0.25) is 4.90 Å². The van der Waals surface area contributed by atoms with Gasteiger partial charge >= 0.3 is 0 Å². The normalized spacial score (nSPS) is 26.4. The first-order valence-electron chi connectivity index (χ1n) is 10.9.